The lowest BCUT2D eigenvalue weighted by molar-refractivity contribution is 0.429. The minimum absolute atomic E-state index is 0.519. The van der Waals surface area contributed by atoms with Crippen molar-refractivity contribution in [2.45, 2.75) is 0 Å². The monoisotopic (exact) mass is 183 g/mol. The zero-order valence-electron chi connectivity index (χ0n) is 7.59. The van der Waals surface area contributed by atoms with Crippen LogP contribution < -0.4 is 4.90 Å². The summed E-state index contributed by atoms with van der Waals surface area (Å²) in [5.74, 6) is 0. The molecule has 0 radical (unpaired) electrons. The zero-order chi connectivity index (χ0) is 9.84. The van der Waals surface area contributed by atoms with Gasteiger partial charge in [-0.1, -0.05) is 12.1 Å². The van der Waals surface area contributed by atoms with Gasteiger partial charge in [0.1, 0.15) is 0 Å². The average molecular weight is 183 g/mol. The van der Waals surface area contributed by atoms with Crippen molar-refractivity contribution < 1.29 is 8.78 Å². The van der Waals surface area contributed by atoms with Crippen LogP contribution in [0, 0.1) is 0 Å². The van der Waals surface area contributed by atoms with E-state index in [9.17, 15) is 8.78 Å². The predicted octanol–water partition coefficient (Wildman–Crippen LogP) is 2.99. The summed E-state index contributed by atoms with van der Waals surface area (Å²) >= 11 is 0. The third kappa shape index (κ3) is 2.86. The van der Waals surface area contributed by atoms with Crippen LogP contribution in [0.15, 0.2) is 30.3 Å². The van der Waals surface area contributed by atoms with Crippen molar-refractivity contribution in [3.63, 3.8) is 0 Å². The Morgan fingerprint density at radius 2 is 1.69 bits per heavy atom. The van der Waals surface area contributed by atoms with Crippen LogP contribution in [-0.4, -0.2) is 14.1 Å². The smallest absolute Gasteiger partial charge is 0.270 e. The molecule has 0 heterocycles. The first-order valence-corrected chi connectivity index (χ1v) is 3.89. The third-order valence-electron chi connectivity index (χ3n) is 1.69. The molecule has 0 amide bonds. The second-order valence-electron chi connectivity index (χ2n) is 2.92. The number of halogens is 2. The fourth-order valence-electron chi connectivity index (χ4n) is 0.995. The van der Waals surface area contributed by atoms with E-state index in [-0.39, 0.29) is 0 Å². The van der Waals surface area contributed by atoms with Gasteiger partial charge in [-0.05, 0) is 17.7 Å². The van der Waals surface area contributed by atoms with E-state index in [1.54, 1.807) is 24.3 Å². The van der Waals surface area contributed by atoms with Crippen molar-refractivity contribution in [1.82, 2.24) is 0 Å². The first kappa shape index (κ1) is 9.71. The van der Waals surface area contributed by atoms with E-state index in [4.69, 9.17) is 0 Å². The predicted molar refractivity (Wildman–Crippen MR) is 51.0 cm³/mol. The lowest BCUT2D eigenvalue weighted by atomic mass is 10.2. The molecule has 0 aromatic heterocycles. The Bertz CT molecular complexity index is 297. The molecule has 0 spiro atoms. The maximum Gasteiger partial charge on any atom is 0.270 e. The minimum atomic E-state index is -1.67. The molecule has 0 saturated heterocycles. The van der Waals surface area contributed by atoms with Gasteiger partial charge < -0.3 is 4.90 Å². The highest BCUT2D eigenvalue weighted by molar-refractivity contribution is 5.55. The molecule has 1 rings (SSSR count). The minimum Gasteiger partial charge on any atom is -0.378 e. The number of hydrogen-bond acceptors (Lipinski definition) is 1. The van der Waals surface area contributed by atoms with Gasteiger partial charge >= 0.3 is 0 Å². The van der Waals surface area contributed by atoms with Crippen molar-refractivity contribution in [1.29, 1.82) is 0 Å². The van der Waals surface area contributed by atoms with Crippen LogP contribution in [0.5, 0.6) is 0 Å². The first-order chi connectivity index (χ1) is 6.09. The summed E-state index contributed by atoms with van der Waals surface area (Å²) in [5, 5.41) is 0. The molecular weight excluding hydrogens is 172 g/mol. The van der Waals surface area contributed by atoms with Crippen LogP contribution in [-0.2, 0) is 0 Å². The van der Waals surface area contributed by atoms with Crippen LogP contribution in [0.3, 0.4) is 0 Å². The van der Waals surface area contributed by atoms with Gasteiger partial charge in [-0.3, -0.25) is 0 Å². The number of anilines is 1. The van der Waals surface area contributed by atoms with E-state index in [1.807, 2.05) is 19.0 Å². The number of benzene rings is 1. The molecule has 0 aliphatic heterocycles. The van der Waals surface area contributed by atoms with Crippen molar-refractivity contribution in [3.8, 4) is 0 Å². The second kappa shape index (κ2) is 4.03. The summed E-state index contributed by atoms with van der Waals surface area (Å²) in [5.41, 5.74) is 1.52. The summed E-state index contributed by atoms with van der Waals surface area (Å²) in [6.45, 7) is 0. The van der Waals surface area contributed by atoms with E-state index in [1.165, 1.54) is 0 Å². The summed E-state index contributed by atoms with van der Waals surface area (Å²) in [6, 6.07) is 6.92. The van der Waals surface area contributed by atoms with Crippen molar-refractivity contribution >= 4 is 11.8 Å². The standard InChI is InChI=1S/C10H11F2N/c1-13(2)9-5-3-8(4-6-9)7-10(11)12/h3-7H,1-2H3. The van der Waals surface area contributed by atoms with E-state index in [0.29, 0.717) is 5.56 Å². The molecule has 0 aliphatic carbocycles. The molecule has 1 aromatic rings. The zero-order valence-corrected chi connectivity index (χ0v) is 7.59. The molecule has 0 fully saturated rings. The van der Waals surface area contributed by atoms with Crippen LogP contribution in [0.2, 0.25) is 0 Å². The van der Waals surface area contributed by atoms with Gasteiger partial charge in [0.15, 0.2) is 0 Å². The molecule has 1 aromatic carbocycles. The van der Waals surface area contributed by atoms with Crippen LogP contribution in [0.4, 0.5) is 14.5 Å². The van der Waals surface area contributed by atoms with Gasteiger partial charge in [0.25, 0.3) is 6.08 Å². The molecular formula is C10H11F2N. The SMILES string of the molecule is CN(C)c1ccc(C=C(F)F)cc1. The molecule has 0 saturated carbocycles. The second-order valence-corrected chi connectivity index (χ2v) is 2.92. The van der Waals surface area contributed by atoms with E-state index < -0.39 is 6.08 Å². The summed E-state index contributed by atoms with van der Waals surface area (Å²) in [6.07, 6.45) is -0.822. The normalized spacial score (nSPS) is 9.54. The molecule has 0 atom stereocenters. The third-order valence-corrected chi connectivity index (χ3v) is 1.69. The van der Waals surface area contributed by atoms with Crippen LogP contribution in [0.25, 0.3) is 6.08 Å². The fourth-order valence-corrected chi connectivity index (χ4v) is 0.995. The Morgan fingerprint density at radius 3 is 2.08 bits per heavy atom. The maximum absolute atomic E-state index is 11.8. The Labute approximate surface area is 76.3 Å². The summed E-state index contributed by atoms with van der Waals surface area (Å²) in [7, 11) is 3.81. The van der Waals surface area contributed by atoms with Gasteiger partial charge in [0.2, 0.25) is 0 Å². The van der Waals surface area contributed by atoms with Crippen LogP contribution in [0.1, 0.15) is 5.56 Å². The van der Waals surface area contributed by atoms with Crippen molar-refractivity contribution in [2.75, 3.05) is 19.0 Å². The molecule has 3 heteroatoms. The molecule has 1 nitrogen and oxygen atoms in total. The number of nitrogens with zero attached hydrogens (tertiary/aromatic N) is 1. The van der Waals surface area contributed by atoms with Gasteiger partial charge in [0, 0.05) is 25.9 Å². The molecule has 0 aliphatic rings. The fraction of sp³-hybridized carbons (Fsp3) is 0.200. The quantitative estimate of drug-likeness (QED) is 0.681. The lowest BCUT2D eigenvalue weighted by Gasteiger charge is -2.11. The largest absolute Gasteiger partial charge is 0.378 e. The van der Waals surface area contributed by atoms with Gasteiger partial charge in [-0.2, -0.15) is 8.78 Å². The highest BCUT2D eigenvalue weighted by Gasteiger charge is 1.95. The first-order valence-electron chi connectivity index (χ1n) is 3.89. The van der Waals surface area contributed by atoms with E-state index >= 15 is 0 Å². The Balaban J connectivity index is 2.88. The summed E-state index contributed by atoms with van der Waals surface area (Å²) < 4.78 is 23.7. The van der Waals surface area contributed by atoms with E-state index in [0.717, 1.165) is 11.8 Å². The Morgan fingerprint density at radius 1 is 1.15 bits per heavy atom. The van der Waals surface area contributed by atoms with Crippen molar-refractivity contribution in [2.24, 2.45) is 0 Å². The molecule has 13 heavy (non-hydrogen) atoms. The highest BCUT2D eigenvalue weighted by Crippen LogP contribution is 2.14. The molecule has 70 valence electrons. The Kier molecular flexibility index (Phi) is 3.01. The summed E-state index contributed by atoms with van der Waals surface area (Å²) in [4.78, 5) is 1.92. The molecule has 0 unspecified atom stereocenters. The maximum atomic E-state index is 11.8. The molecule has 0 N–H and O–H groups in total. The van der Waals surface area contributed by atoms with Gasteiger partial charge in [-0.25, -0.2) is 0 Å². The lowest BCUT2D eigenvalue weighted by Crippen LogP contribution is -2.07. The Hall–Kier alpha value is -1.38. The highest BCUT2D eigenvalue weighted by atomic mass is 19.3. The van der Waals surface area contributed by atoms with E-state index in [2.05, 4.69) is 0 Å². The topological polar surface area (TPSA) is 3.24 Å². The van der Waals surface area contributed by atoms with Crippen LogP contribution >= 0.6 is 0 Å². The average Bonchev–Trinajstić information content (AvgIpc) is 2.04. The van der Waals surface area contributed by atoms with Gasteiger partial charge in [-0.15, -0.1) is 0 Å². The number of hydrogen-bond donors (Lipinski definition) is 0. The molecule has 0 bridgehead atoms. The van der Waals surface area contributed by atoms with Crippen molar-refractivity contribution in [3.05, 3.63) is 35.9 Å². The van der Waals surface area contributed by atoms with Gasteiger partial charge in [0.05, 0.1) is 0 Å². The number of rotatable bonds is 2.